The molecular weight excluding hydrogens is 290 g/mol. The zero-order chi connectivity index (χ0) is 14.8. The number of benzene rings is 2. The Morgan fingerprint density at radius 3 is 2.90 bits per heavy atom. The van der Waals surface area contributed by atoms with Crippen LogP contribution in [0.15, 0.2) is 42.5 Å². The van der Waals surface area contributed by atoms with Crippen LogP contribution in [0.5, 0.6) is 11.5 Å². The smallest absolute Gasteiger partial charge is 0.262 e. The van der Waals surface area contributed by atoms with Crippen LogP contribution in [0.1, 0.15) is 10.4 Å². The van der Waals surface area contributed by atoms with Gasteiger partial charge in [0.1, 0.15) is 18.1 Å². The van der Waals surface area contributed by atoms with E-state index < -0.39 is 0 Å². The number of hydrogen-bond acceptors (Lipinski definition) is 3. The van der Waals surface area contributed by atoms with Crippen molar-refractivity contribution in [1.82, 2.24) is 0 Å². The van der Waals surface area contributed by atoms with E-state index in [1.165, 1.54) is 0 Å². The van der Waals surface area contributed by atoms with Crippen molar-refractivity contribution in [2.45, 2.75) is 0 Å². The zero-order valence-corrected chi connectivity index (χ0v) is 12.3. The van der Waals surface area contributed by atoms with Gasteiger partial charge in [-0.2, -0.15) is 0 Å². The van der Waals surface area contributed by atoms with Crippen LogP contribution < -0.4 is 14.4 Å². The fraction of sp³-hybridized carbons (Fsp3) is 0.188. The maximum Gasteiger partial charge on any atom is 0.262 e. The van der Waals surface area contributed by atoms with E-state index in [9.17, 15) is 4.79 Å². The normalized spacial score (nSPS) is 13.3. The summed E-state index contributed by atoms with van der Waals surface area (Å²) < 4.78 is 10.8. The van der Waals surface area contributed by atoms with Gasteiger partial charge in [0, 0.05) is 5.02 Å². The van der Waals surface area contributed by atoms with Gasteiger partial charge in [-0.1, -0.05) is 23.7 Å². The minimum Gasteiger partial charge on any atom is -0.496 e. The third-order valence-electron chi connectivity index (χ3n) is 3.37. The molecule has 3 rings (SSSR count). The van der Waals surface area contributed by atoms with Crippen LogP contribution in [0.4, 0.5) is 5.69 Å². The maximum absolute atomic E-state index is 12.8. The summed E-state index contributed by atoms with van der Waals surface area (Å²) in [6, 6.07) is 12.4. The number of para-hydroxylation sites is 1. The molecular formula is C16H14ClNO3. The van der Waals surface area contributed by atoms with E-state index in [1.54, 1.807) is 42.3 Å². The molecule has 5 heteroatoms. The highest BCUT2D eigenvalue weighted by Crippen LogP contribution is 2.35. The number of fused-ring (bicyclic) bond motifs is 1. The van der Waals surface area contributed by atoms with Crippen LogP contribution in [0.2, 0.25) is 5.02 Å². The molecule has 2 aromatic rings. The predicted octanol–water partition coefficient (Wildman–Crippen LogP) is 3.39. The standard InChI is InChI=1S/C16H14ClNO3/c1-20-14-5-3-2-4-12(14)16(19)18-8-9-21-15-7-6-11(17)10-13(15)18/h2-7,10H,8-9H2,1H3. The highest BCUT2D eigenvalue weighted by atomic mass is 35.5. The lowest BCUT2D eigenvalue weighted by Crippen LogP contribution is -2.38. The Kier molecular flexibility index (Phi) is 3.71. The Morgan fingerprint density at radius 2 is 2.10 bits per heavy atom. The van der Waals surface area contributed by atoms with Crippen molar-refractivity contribution >= 4 is 23.2 Å². The second-order valence-electron chi connectivity index (χ2n) is 4.62. The number of amides is 1. The molecule has 1 aliphatic rings. The molecule has 0 atom stereocenters. The summed E-state index contributed by atoms with van der Waals surface area (Å²) in [5.41, 5.74) is 1.21. The van der Waals surface area contributed by atoms with Crippen molar-refractivity contribution in [3.63, 3.8) is 0 Å². The average molecular weight is 304 g/mol. The molecule has 1 heterocycles. The van der Waals surface area contributed by atoms with Gasteiger partial charge in [-0.25, -0.2) is 0 Å². The lowest BCUT2D eigenvalue weighted by atomic mass is 10.1. The number of nitrogens with zero attached hydrogens (tertiary/aromatic N) is 1. The number of methoxy groups -OCH3 is 1. The third-order valence-corrected chi connectivity index (χ3v) is 3.60. The van der Waals surface area contributed by atoms with Crippen LogP contribution in [-0.2, 0) is 0 Å². The number of carbonyl (C=O) groups excluding carboxylic acids is 1. The fourth-order valence-electron chi connectivity index (χ4n) is 2.37. The molecule has 0 radical (unpaired) electrons. The summed E-state index contributed by atoms with van der Waals surface area (Å²) in [6.07, 6.45) is 0. The molecule has 1 aliphatic heterocycles. The van der Waals surface area contributed by atoms with Gasteiger partial charge >= 0.3 is 0 Å². The largest absolute Gasteiger partial charge is 0.496 e. The maximum atomic E-state index is 12.8. The van der Waals surface area contributed by atoms with Crippen LogP contribution in [0.25, 0.3) is 0 Å². The first kappa shape index (κ1) is 13.8. The van der Waals surface area contributed by atoms with Gasteiger partial charge in [0.25, 0.3) is 5.91 Å². The first-order chi connectivity index (χ1) is 10.2. The Labute approximate surface area is 127 Å². The topological polar surface area (TPSA) is 38.8 Å². The lowest BCUT2D eigenvalue weighted by Gasteiger charge is -2.30. The number of halogens is 1. The van der Waals surface area contributed by atoms with Crippen molar-refractivity contribution < 1.29 is 14.3 Å². The Morgan fingerprint density at radius 1 is 1.29 bits per heavy atom. The van der Waals surface area contributed by atoms with E-state index in [1.807, 2.05) is 12.1 Å². The van der Waals surface area contributed by atoms with Crippen molar-refractivity contribution in [2.75, 3.05) is 25.2 Å². The molecule has 4 nitrogen and oxygen atoms in total. The van der Waals surface area contributed by atoms with Crippen LogP contribution in [0, 0.1) is 0 Å². The van der Waals surface area contributed by atoms with E-state index in [4.69, 9.17) is 21.1 Å². The highest BCUT2D eigenvalue weighted by Gasteiger charge is 2.26. The molecule has 1 amide bonds. The third kappa shape index (κ3) is 2.54. The molecule has 0 saturated heterocycles. The molecule has 108 valence electrons. The van der Waals surface area contributed by atoms with Crippen molar-refractivity contribution in [1.29, 1.82) is 0 Å². The van der Waals surface area contributed by atoms with E-state index in [-0.39, 0.29) is 5.91 Å². The van der Waals surface area contributed by atoms with Gasteiger partial charge < -0.3 is 14.4 Å². The number of rotatable bonds is 2. The summed E-state index contributed by atoms with van der Waals surface area (Å²) in [4.78, 5) is 14.5. The predicted molar refractivity (Wildman–Crippen MR) is 81.6 cm³/mol. The van der Waals surface area contributed by atoms with Gasteiger partial charge in [0.2, 0.25) is 0 Å². The summed E-state index contributed by atoms with van der Waals surface area (Å²) in [5.74, 6) is 1.09. The van der Waals surface area contributed by atoms with E-state index >= 15 is 0 Å². The molecule has 0 aromatic heterocycles. The molecule has 2 aromatic carbocycles. The quantitative estimate of drug-likeness (QED) is 0.853. The highest BCUT2D eigenvalue weighted by molar-refractivity contribution is 6.31. The summed E-state index contributed by atoms with van der Waals surface area (Å²) in [7, 11) is 1.55. The minimum atomic E-state index is -0.126. The minimum absolute atomic E-state index is 0.126. The summed E-state index contributed by atoms with van der Waals surface area (Å²) in [5, 5.41) is 0.567. The Balaban J connectivity index is 2.02. The number of hydrogen-bond donors (Lipinski definition) is 0. The lowest BCUT2D eigenvalue weighted by molar-refractivity contribution is 0.0973. The molecule has 0 fully saturated rings. The fourth-order valence-corrected chi connectivity index (χ4v) is 2.53. The molecule has 0 saturated carbocycles. The molecule has 0 bridgehead atoms. The average Bonchev–Trinajstić information content (AvgIpc) is 2.53. The van der Waals surface area contributed by atoms with Crippen molar-refractivity contribution in [3.8, 4) is 11.5 Å². The first-order valence-electron chi connectivity index (χ1n) is 6.58. The molecule has 0 aliphatic carbocycles. The summed E-state index contributed by atoms with van der Waals surface area (Å²) in [6.45, 7) is 0.930. The zero-order valence-electron chi connectivity index (χ0n) is 11.5. The van der Waals surface area contributed by atoms with Crippen LogP contribution in [-0.4, -0.2) is 26.2 Å². The van der Waals surface area contributed by atoms with Gasteiger partial charge in [-0.15, -0.1) is 0 Å². The van der Waals surface area contributed by atoms with Crippen molar-refractivity contribution in [2.24, 2.45) is 0 Å². The number of ether oxygens (including phenoxy) is 2. The summed E-state index contributed by atoms with van der Waals surface area (Å²) >= 11 is 6.03. The Bertz CT molecular complexity index is 687. The second-order valence-corrected chi connectivity index (χ2v) is 5.05. The van der Waals surface area contributed by atoms with Gasteiger partial charge in [-0.3, -0.25) is 4.79 Å². The molecule has 0 spiro atoms. The number of carbonyl (C=O) groups is 1. The van der Waals surface area contributed by atoms with Crippen LogP contribution >= 0.6 is 11.6 Å². The van der Waals surface area contributed by atoms with E-state index in [0.717, 1.165) is 0 Å². The molecule has 0 unspecified atom stereocenters. The van der Waals surface area contributed by atoms with Crippen LogP contribution in [0.3, 0.4) is 0 Å². The Hall–Kier alpha value is -2.20. The number of anilines is 1. The second kappa shape index (κ2) is 5.66. The molecule has 0 N–H and O–H groups in total. The van der Waals surface area contributed by atoms with Gasteiger partial charge in [0.15, 0.2) is 0 Å². The SMILES string of the molecule is COc1ccccc1C(=O)N1CCOc2ccc(Cl)cc21. The van der Waals surface area contributed by atoms with E-state index in [2.05, 4.69) is 0 Å². The van der Waals surface area contributed by atoms with Gasteiger partial charge in [-0.05, 0) is 30.3 Å². The van der Waals surface area contributed by atoms with Crippen molar-refractivity contribution in [3.05, 3.63) is 53.1 Å². The molecule has 21 heavy (non-hydrogen) atoms. The first-order valence-corrected chi connectivity index (χ1v) is 6.96. The van der Waals surface area contributed by atoms with Gasteiger partial charge in [0.05, 0.1) is 24.9 Å². The van der Waals surface area contributed by atoms with E-state index in [0.29, 0.717) is 40.9 Å². The monoisotopic (exact) mass is 303 g/mol.